The smallest absolute Gasteiger partial charge is 0.152 e. The molecule has 0 spiro atoms. The highest BCUT2D eigenvalue weighted by atomic mass is 35.5. The van der Waals surface area contributed by atoms with Crippen LogP contribution in [0.1, 0.15) is 12.8 Å². The molecule has 1 aromatic heterocycles. The van der Waals surface area contributed by atoms with Gasteiger partial charge < -0.3 is 5.32 Å². The van der Waals surface area contributed by atoms with Gasteiger partial charge in [0.1, 0.15) is 0 Å². The van der Waals surface area contributed by atoms with Crippen molar-refractivity contribution in [2.45, 2.75) is 18.9 Å². The maximum atomic E-state index is 6.00. The first-order valence-corrected chi connectivity index (χ1v) is 5.76. The first kappa shape index (κ1) is 9.22. The van der Waals surface area contributed by atoms with Crippen molar-refractivity contribution in [3.8, 4) is 0 Å². The lowest BCUT2D eigenvalue weighted by atomic mass is 9.71. The Hall–Kier alpha value is -1.02. The van der Waals surface area contributed by atoms with Crippen molar-refractivity contribution in [3.05, 3.63) is 35.6 Å². The number of hydrogen-bond donors (Lipinski definition) is 1. The molecule has 3 rings (SSSR count). The van der Waals surface area contributed by atoms with E-state index in [1.807, 2.05) is 12.1 Å². The monoisotopic (exact) mass is 220 g/mol. The molecule has 1 heterocycles. The van der Waals surface area contributed by atoms with Crippen LogP contribution in [0.5, 0.6) is 0 Å². The van der Waals surface area contributed by atoms with Crippen LogP contribution in [0.25, 0.3) is 0 Å². The molecule has 0 saturated heterocycles. The second kappa shape index (κ2) is 3.53. The molecule has 0 radical (unpaired) electrons. The molecule has 3 atom stereocenters. The minimum Gasteiger partial charge on any atom is -0.379 e. The molecule has 78 valence electrons. The topological polar surface area (TPSA) is 24.9 Å². The Morgan fingerprint density at radius 3 is 3.20 bits per heavy atom. The van der Waals surface area contributed by atoms with E-state index in [0.29, 0.717) is 17.1 Å². The van der Waals surface area contributed by atoms with Crippen LogP contribution >= 0.6 is 11.6 Å². The van der Waals surface area contributed by atoms with Crippen molar-refractivity contribution < 1.29 is 0 Å². The fourth-order valence-electron chi connectivity index (χ4n) is 2.58. The van der Waals surface area contributed by atoms with E-state index in [9.17, 15) is 0 Å². The van der Waals surface area contributed by atoms with Gasteiger partial charge in [-0.15, -0.1) is 0 Å². The Morgan fingerprint density at radius 2 is 2.40 bits per heavy atom. The highest BCUT2D eigenvalue weighted by molar-refractivity contribution is 6.31. The van der Waals surface area contributed by atoms with Gasteiger partial charge >= 0.3 is 0 Å². The lowest BCUT2D eigenvalue weighted by Crippen LogP contribution is -2.43. The van der Waals surface area contributed by atoms with Gasteiger partial charge in [-0.25, -0.2) is 4.98 Å². The summed E-state index contributed by atoms with van der Waals surface area (Å²) in [7, 11) is 0. The van der Waals surface area contributed by atoms with Gasteiger partial charge in [-0.2, -0.15) is 0 Å². The molecule has 0 aromatic carbocycles. The summed E-state index contributed by atoms with van der Waals surface area (Å²) in [5, 5.41) is 4.04. The summed E-state index contributed by atoms with van der Waals surface area (Å²) >= 11 is 6.00. The summed E-state index contributed by atoms with van der Waals surface area (Å²) in [5.41, 5.74) is 0.961. The van der Waals surface area contributed by atoms with Gasteiger partial charge in [-0.3, -0.25) is 0 Å². The van der Waals surface area contributed by atoms with Crippen LogP contribution in [-0.4, -0.2) is 11.0 Å². The van der Waals surface area contributed by atoms with E-state index in [-0.39, 0.29) is 0 Å². The Balaban J connectivity index is 1.72. The van der Waals surface area contributed by atoms with Gasteiger partial charge in [0.25, 0.3) is 0 Å². The second-order valence-electron chi connectivity index (χ2n) is 4.33. The summed E-state index contributed by atoms with van der Waals surface area (Å²) in [6, 6.07) is 4.45. The molecule has 1 aromatic rings. The van der Waals surface area contributed by atoms with E-state index in [4.69, 9.17) is 11.6 Å². The maximum Gasteiger partial charge on any atom is 0.152 e. The normalized spacial score (nSPS) is 32.2. The molecule has 0 aliphatic heterocycles. The minimum absolute atomic E-state index is 0.551. The minimum atomic E-state index is 0.551. The molecule has 3 heteroatoms. The molecule has 2 aliphatic carbocycles. The molecule has 2 nitrogen and oxygen atoms in total. The van der Waals surface area contributed by atoms with Gasteiger partial charge in [0.15, 0.2) is 5.15 Å². The summed E-state index contributed by atoms with van der Waals surface area (Å²) in [5.74, 6) is 1.58. The fraction of sp³-hybridized carbons (Fsp3) is 0.417. The van der Waals surface area contributed by atoms with Crippen LogP contribution in [0.3, 0.4) is 0 Å². The molecule has 15 heavy (non-hydrogen) atoms. The highest BCUT2D eigenvalue weighted by Gasteiger charge is 2.41. The third kappa shape index (κ3) is 1.53. The van der Waals surface area contributed by atoms with Gasteiger partial charge in [0.2, 0.25) is 0 Å². The highest BCUT2D eigenvalue weighted by Crippen LogP contribution is 2.44. The van der Waals surface area contributed by atoms with Crippen molar-refractivity contribution in [1.82, 2.24) is 4.98 Å². The summed E-state index contributed by atoms with van der Waals surface area (Å²) in [6.45, 7) is 0. The third-order valence-electron chi connectivity index (χ3n) is 3.46. The van der Waals surface area contributed by atoms with Gasteiger partial charge in [0, 0.05) is 18.2 Å². The van der Waals surface area contributed by atoms with Gasteiger partial charge in [-0.05, 0) is 30.9 Å². The Bertz CT molecular complexity index is 402. The van der Waals surface area contributed by atoms with Crippen molar-refractivity contribution in [1.29, 1.82) is 0 Å². The average molecular weight is 221 g/mol. The molecule has 0 bridgehead atoms. The largest absolute Gasteiger partial charge is 0.379 e. The number of nitrogens with one attached hydrogen (secondary N) is 1. The zero-order valence-corrected chi connectivity index (χ0v) is 9.11. The quantitative estimate of drug-likeness (QED) is 0.612. The number of allylic oxidation sites excluding steroid dienone is 1. The summed E-state index contributed by atoms with van der Waals surface area (Å²) in [6.07, 6.45) is 8.84. The number of nitrogens with zero attached hydrogens (tertiary/aromatic N) is 1. The first-order chi connectivity index (χ1) is 7.34. The number of hydrogen-bond acceptors (Lipinski definition) is 2. The predicted octanol–water partition coefficient (Wildman–Crippen LogP) is 3.11. The SMILES string of the molecule is Clc1ncccc1NC1CC2CC=CC21. The zero-order chi connectivity index (χ0) is 10.3. The molecule has 3 unspecified atom stereocenters. The van der Waals surface area contributed by atoms with Crippen molar-refractivity contribution in [2.75, 3.05) is 5.32 Å². The van der Waals surface area contributed by atoms with Crippen molar-refractivity contribution in [3.63, 3.8) is 0 Å². The second-order valence-corrected chi connectivity index (χ2v) is 4.69. The van der Waals surface area contributed by atoms with E-state index in [1.54, 1.807) is 6.20 Å². The van der Waals surface area contributed by atoms with Gasteiger partial charge in [-0.1, -0.05) is 23.8 Å². The molecule has 0 amide bonds. The van der Waals surface area contributed by atoms with Crippen LogP contribution in [0.2, 0.25) is 5.15 Å². The van der Waals surface area contributed by atoms with Crippen LogP contribution in [0.15, 0.2) is 30.5 Å². The van der Waals surface area contributed by atoms with Gasteiger partial charge in [0.05, 0.1) is 5.69 Å². The molecule has 1 fully saturated rings. The molecule has 1 saturated carbocycles. The number of fused-ring (bicyclic) bond motifs is 1. The Kier molecular flexibility index (Phi) is 2.17. The number of aromatic nitrogens is 1. The lowest BCUT2D eigenvalue weighted by molar-refractivity contribution is 0.218. The van der Waals surface area contributed by atoms with Crippen LogP contribution in [0.4, 0.5) is 5.69 Å². The number of pyridine rings is 1. The Labute approximate surface area is 94.4 Å². The van der Waals surface area contributed by atoms with Crippen molar-refractivity contribution in [2.24, 2.45) is 11.8 Å². The molecule has 2 aliphatic rings. The van der Waals surface area contributed by atoms with E-state index >= 15 is 0 Å². The molecule has 1 N–H and O–H groups in total. The van der Waals surface area contributed by atoms with Crippen LogP contribution in [0, 0.1) is 11.8 Å². The number of rotatable bonds is 2. The van der Waals surface area contributed by atoms with E-state index in [0.717, 1.165) is 11.6 Å². The van der Waals surface area contributed by atoms with E-state index in [2.05, 4.69) is 22.5 Å². The van der Waals surface area contributed by atoms with E-state index in [1.165, 1.54) is 12.8 Å². The number of halogens is 1. The van der Waals surface area contributed by atoms with Crippen LogP contribution in [-0.2, 0) is 0 Å². The summed E-state index contributed by atoms with van der Waals surface area (Å²) in [4.78, 5) is 4.06. The third-order valence-corrected chi connectivity index (χ3v) is 3.76. The number of anilines is 1. The fourth-order valence-corrected chi connectivity index (χ4v) is 2.75. The van der Waals surface area contributed by atoms with E-state index < -0.39 is 0 Å². The van der Waals surface area contributed by atoms with Crippen LogP contribution < -0.4 is 5.32 Å². The molecular formula is C12H13ClN2. The Morgan fingerprint density at radius 1 is 1.47 bits per heavy atom. The summed E-state index contributed by atoms with van der Waals surface area (Å²) < 4.78 is 0. The van der Waals surface area contributed by atoms with Crippen molar-refractivity contribution >= 4 is 17.3 Å². The molecular weight excluding hydrogens is 208 g/mol. The lowest BCUT2D eigenvalue weighted by Gasteiger charge is -2.41. The predicted molar refractivity (Wildman–Crippen MR) is 62.0 cm³/mol. The first-order valence-electron chi connectivity index (χ1n) is 5.38. The average Bonchev–Trinajstić information content (AvgIpc) is 2.59. The zero-order valence-electron chi connectivity index (χ0n) is 8.36. The standard InChI is InChI=1S/C12H13ClN2/c13-12-10(5-2-6-14-12)15-11-7-8-3-1-4-9(8)11/h1-2,4-6,8-9,11,15H,3,7H2. The maximum absolute atomic E-state index is 6.00.